The Morgan fingerprint density at radius 2 is 0.783 bits per heavy atom. The molecule has 0 heterocycles. The summed E-state index contributed by atoms with van der Waals surface area (Å²) in [6.45, 7) is 0. The van der Waals surface area contributed by atoms with Gasteiger partial charge >= 0.3 is 0 Å². The molecule has 14 rings (SSSR count). The Bertz CT molecular complexity index is 2870. The number of hydrogen-bond acceptors (Lipinski definition) is 1. The maximum absolute atomic E-state index is 2.69. The summed E-state index contributed by atoms with van der Waals surface area (Å²) in [4.78, 5) is 2.54. The molecule has 60 heavy (non-hydrogen) atoms. The molecular formula is C59H47N. The molecule has 0 atom stereocenters. The highest BCUT2D eigenvalue weighted by Gasteiger charge is 2.64. The van der Waals surface area contributed by atoms with Gasteiger partial charge in [-0.2, -0.15) is 0 Å². The minimum atomic E-state index is -0.396. The summed E-state index contributed by atoms with van der Waals surface area (Å²) in [6, 6.07) is 76.2. The number of nitrogens with zero attached hydrogens (tertiary/aromatic N) is 1. The Balaban J connectivity index is 1.09. The van der Waals surface area contributed by atoms with Crippen molar-refractivity contribution in [3.8, 4) is 33.4 Å². The monoisotopic (exact) mass is 769 g/mol. The molecule has 0 aromatic heterocycles. The van der Waals surface area contributed by atoms with E-state index in [-0.39, 0.29) is 5.41 Å². The van der Waals surface area contributed by atoms with E-state index >= 15 is 0 Å². The molecule has 8 aromatic carbocycles. The van der Waals surface area contributed by atoms with Crippen LogP contribution in [0.15, 0.2) is 200 Å². The lowest BCUT2D eigenvalue weighted by atomic mass is 9.38. The molecule has 0 unspecified atom stereocenters. The normalized spacial score (nSPS) is 23.2. The van der Waals surface area contributed by atoms with Crippen LogP contribution in [0.3, 0.4) is 0 Å². The van der Waals surface area contributed by atoms with Crippen molar-refractivity contribution in [2.45, 2.75) is 42.9 Å². The second kappa shape index (κ2) is 13.0. The van der Waals surface area contributed by atoms with Gasteiger partial charge in [-0.25, -0.2) is 0 Å². The van der Waals surface area contributed by atoms with Crippen LogP contribution in [-0.2, 0) is 10.8 Å². The summed E-state index contributed by atoms with van der Waals surface area (Å²) in [6.07, 6.45) is 6.81. The van der Waals surface area contributed by atoms with E-state index in [9.17, 15) is 0 Å². The molecule has 8 aromatic rings. The van der Waals surface area contributed by atoms with Crippen LogP contribution in [0.2, 0.25) is 0 Å². The second-order valence-corrected chi connectivity index (χ2v) is 18.5. The lowest BCUT2D eigenvalue weighted by Crippen LogP contribution is -2.59. The summed E-state index contributed by atoms with van der Waals surface area (Å²) in [7, 11) is 0. The second-order valence-electron chi connectivity index (χ2n) is 18.5. The lowest BCUT2D eigenvalue weighted by molar-refractivity contribution is -0.0440. The zero-order valence-electron chi connectivity index (χ0n) is 33.8. The molecule has 1 heteroatoms. The third kappa shape index (κ3) is 4.69. The number of benzene rings is 8. The molecule has 4 bridgehead atoms. The molecule has 0 N–H and O–H groups in total. The van der Waals surface area contributed by atoms with Gasteiger partial charge < -0.3 is 4.90 Å². The minimum absolute atomic E-state index is 0.0399. The predicted molar refractivity (Wildman–Crippen MR) is 247 cm³/mol. The lowest BCUT2D eigenvalue weighted by Gasteiger charge is -2.65. The highest BCUT2D eigenvalue weighted by molar-refractivity contribution is 5.90. The van der Waals surface area contributed by atoms with Crippen molar-refractivity contribution < 1.29 is 0 Å². The summed E-state index contributed by atoms with van der Waals surface area (Å²) in [5.74, 6) is 2.99. The molecule has 288 valence electrons. The number of fused-ring (bicyclic) bond motifs is 9. The van der Waals surface area contributed by atoms with Crippen LogP contribution in [0.1, 0.15) is 65.5 Å². The maximum Gasteiger partial charge on any atom is 0.0719 e. The zero-order chi connectivity index (χ0) is 39.4. The van der Waals surface area contributed by atoms with E-state index < -0.39 is 5.41 Å². The fraction of sp³-hybridized carbons (Fsp3) is 0.186. The van der Waals surface area contributed by atoms with E-state index in [0.29, 0.717) is 11.8 Å². The molecule has 0 aliphatic heterocycles. The molecular weight excluding hydrogens is 723 g/mol. The SMILES string of the molecule is c1ccc(-c2ccc(N(c3cccc(-c4ccccc4)c3)c3ccc4c(c3)C3(c5ccccc5C45c4ccccc4-c4ccccc45)C4CC5CC(C4)CC3C5)cc2)cc1. The van der Waals surface area contributed by atoms with Gasteiger partial charge in [0.25, 0.3) is 0 Å². The van der Waals surface area contributed by atoms with Crippen molar-refractivity contribution in [2.75, 3.05) is 4.90 Å². The number of hydrogen-bond donors (Lipinski definition) is 0. The first kappa shape index (κ1) is 34.4. The zero-order valence-corrected chi connectivity index (χ0v) is 33.8. The average Bonchev–Trinajstić information content (AvgIpc) is 3.60. The molecule has 1 nitrogen and oxygen atoms in total. The van der Waals surface area contributed by atoms with Crippen LogP contribution in [0.5, 0.6) is 0 Å². The average molecular weight is 770 g/mol. The first-order valence-corrected chi connectivity index (χ1v) is 22.3. The molecule has 4 saturated carbocycles. The molecule has 2 spiro atoms. The van der Waals surface area contributed by atoms with Gasteiger partial charge in [-0.3, -0.25) is 0 Å². The van der Waals surface area contributed by atoms with E-state index in [2.05, 4.69) is 205 Å². The highest BCUT2D eigenvalue weighted by Crippen LogP contribution is 2.71. The van der Waals surface area contributed by atoms with E-state index in [1.165, 1.54) is 105 Å². The van der Waals surface area contributed by atoms with Crippen molar-refractivity contribution in [3.63, 3.8) is 0 Å². The highest BCUT2D eigenvalue weighted by atomic mass is 15.1. The van der Waals surface area contributed by atoms with Crippen LogP contribution in [0.4, 0.5) is 17.1 Å². The van der Waals surface area contributed by atoms with Crippen molar-refractivity contribution in [1.29, 1.82) is 0 Å². The molecule has 6 aliphatic carbocycles. The largest absolute Gasteiger partial charge is 0.310 e. The van der Waals surface area contributed by atoms with Crippen LogP contribution in [0, 0.1) is 23.7 Å². The van der Waals surface area contributed by atoms with E-state index in [1.807, 2.05) is 0 Å². The van der Waals surface area contributed by atoms with E-state index in [1.54, 1.807) is 11.1 Å². The first-order chi connectivity index (χ1) is 29.7. The van der Waals surface area contributed by atoms with Gasteiger partial charge in [0.1, 0.15) is 0 Å². The summed E-state index contributed by atoms with van der Waals surface area (Å²) >= 11 is 0. The van der Waals surface area contributed by atoms with E-state index in [4.69, 9.17) is 0 Å². The van der Waals surface area contributed by atoms with Gasteiger partial charge in [0.05, 0.1) is 5.41 Å². The Morgan fingerprint density at radius 3 is 1.42 bits per heavy atom. The molecule has 0 radical (unpaired) electrons. The van der Waals surface area contributed by atoms with Crippen molar-refractivity contribution >= 4 is 17.1 Å². The summed E-state index contributed by atoms with van der Waals surface area (Å²) in [5, 5.41) is 0. The van der Waals surface area contributed by atoms with Gasteiger partial charge in [-0.05, 0) is 159 Å². The predicted octanol–water partition coefficient (Wildman–Crippen LogP) is 14.9. The number of anilines is 3. The maximum atomic E-state index is 2.69. The standard InChI is InChI=1S/C59H47N/c1-3-14-41(15-4-1)43-26-28-47(29-27-43)60(48-19-13-18-44(37-48)42-16-5-2-6-17-42)49-30-31-56-57(38-49)58(45-33-39-32-40(35-45)36-46(58)34-39)54-24-11-12-25-55(54)59(56)52-22-9-7-20-50(52)51-21-8-10-23-53(51)59/h1-31,37-40,45-46H,32-36H2. The topological polar surface area (TPSA) is 3.24 Å². The Morgan fingerprint density at radius 1 is 0.317 bits per heavy atom. The van der Waals surface area contributed by atoms with Crippen LogP contribution in [0.25, 0.3) is 33.4 Å². The third-order valence-corrected chi connectivity index (χ3v) is 15.7. The first-order valence-electron chi connectivity index (χ1n) is 22.3. The van der Waals surface area contributed by atoms with Gasteiger partial charge in [0.2, 0.25) is 0 Å². The Hall–Kier alpha value is -6.44. The van der Waals surface area contributed by atoms with Crippen molar-refractivity contribution in [3.05, 3.63) is 234 Å². The van der Waals surface area contributed by atoms with Gasteiger partial charge in [0.15, 0.2) is 0 Å². The van der Waals surface area contributed by atoms with Crippen LogP contribution >= 0.6 is 0 Å². The summed E-state index contributed by atoms with van der Waals surface area (Å²) in [5.41, 5.74) is 19.8. The van der Waals surface area contributed by atoms with Gasteiger partial charge in [-0.1, -0.05) is 164 Å². The smallest absolute Gasteiger partial charge is 0.0719 e. The third-order valence-electron chi connectivity index (χ3n) is 15.7. The number of rotatable bonds is 5. The molecule has 4 fully saturated rings. The Labute approximate surface area is 354 Å². The van der Waals surface area contributed by atoms with Crippen molar-refractivity contribution in [1.82, 2.24) is 0 Å². The fourth-order valence-electron chi connectivity index (χ4n) is 13.8. The molecule has 6 aliphatic rings. The van der Waals surface area contributed by atoms with Crippen molar-refractivity contribution in [2.24, 2.45) is 23.7 Å². The molecule has 0 amide bonds. The Kier molecular flexibility index (Phi) is 7.48. The fourth-order valence-corrected chi connectivity index (χ4v) is 13.8. The summed E-state index contributed by atoms with van der Waals surface area (Å²) < 4.78 is 0. The quantitative estimate of drug-likeness (QED) is 0.169. The van der Waals surface area contributed by atoms with Crippen LogP contribution in [-0.4, -0.2) is 0 Å². The van der Waals surface area contributed by atoms with Gasteiger partial charge in [0, 0.05) is 22.5 Å². The van der Waals surface area contributed by atoms with E-state index in [0.717, 1.165) is 11.8 Å². The van der Waals surface area contributed by atoms with Crippen LogP contribution < -0.4 is 4.90 Å². The molecule has 0 saturated heterocycles. The van der Waals surface area contributed by atoms with Gasteiger partial charge in [-0.15, -0.1) is 0 Å². The minimum Gasteiger partial charge on any atom is -0.310 e.